The number of alkyl halides is 5. The molecule has 3 rings (SSSR count). The Morgan fingerprint density at radius 1 is 1.20 bits per heavy atom. The van der Waals surface area contributed by atoms with E-state index in [0.29, 0.717) is 11.5 Å². The summed E-state index contributed by atoms with van der Waals surface area (Å²) in [5.41, 5.74) is -1.53. The highest BCUT2D eigenvalue weighted by Gasteiger charge is 2.58. The highest BCUT2D eigenvalue weighted by Crippen LogP contribution is 2.48. The van der Waals surface area contributed by atoms with Crippen molar-refractivity contribution in [3.8, 4) is 0 Å². The lowest BCUT2D eigenvalue weighted by Crippen LogP contribution is -2.32. The molecule has 2 heterocycles. The maximum absolute atomic E-state index is 14.3. The second-order valence-electron chi connectivity index (χ2n) is 5.36. The summed E-state index contributed by atoms with van der Waals surface area (Å²) < 4.78 is 61.3. The minimum Gasteiger partial charge on any atom is -0.461 e. The topological polar surface area (TPSA) is 30.7 Å². The quantitative estimate of drug-likeness (QED) is 0.358. The molecule has 0 saturated heterocycles. The normalized spacial score (nSPS) is 12.7. The first-order valence-electron chi connectivity index (χ1n) is 7.33. The number of hydrogen-bond donors (Lipinski definition) is 0. The van der Waals surface area contributed by atoms with Crippen LogP contribution in [0.1, 0.15) is 23.0 Å². The predicted molar refractivity (Wildman–Crippen MR) is 85.6 cm³/mol. The second kappa shape index (κ2) is 5.91. The van der Waals surface area contributed by atoms with E-state index < -0.39 is 22.8 Å². The summed E-state index contributed by atoms with van der Waals surface area (Å²) >= 11 is 4.65. The molecule has 0 N–H and O–H groups in total. The molecule has 0 spiro atoms. The summed E-state index contributed by atoms with van der Waals surface area (Å²) in [4.78, 5) is 12.1. The Morgan fingerprint density at radius 2 is 1.88 bits per heavy atom. The van der Waals surface area contributed by atoms with Gasteiger partial charge in [0.25, 0.3) is 0 Å². The average Bonchev–Trinajstić information content (AvgIpc) is 2.94. The minimum atomic E-state index is -4.82. The number of carbonyl (C=O) groups is 1. The molecule has 0 unspecified atom stereocenters. The van der Waals surface area contributed by atoms with E-state index in [0.717, 1.165) is 4.40 Å². The van der Waals surface area contributed by atoms with Crippen molar-refractivity contribution >= 4 is 33.9 Å². The molecule has 2 aromatic heterocycles. The maximum Gasteiger partial charge on any atom is 0.388 e. The van der Waals surface area contributed by atoms with Crippen LogP contribution < -0.4 is 0 Å². The number of benzene rings is 1. The summed E-state index contributed by atoms with van der Waals surface area (Å²) in [5.74, 6) is -5.58. The van der Waals surface area contributed by atoms with Gasteiger partial charge in [-0.1, -0.05) is 24.3 Å². The van der Waals surface area contributed by atoms with Gasteiger partial charge in [-0.2, -0.15) is 17.6 Å². The smallest absolute Gasteiger partial charge is 0.388 e. The van der Waals surface area contributed by atoms with Crippen LogP contribution in [-0.2, 0) is 10.7 Å². The monoisotopic (exact) mass is 373 g/mol. The first-order chi connectivity index (χ1) is 11.7. The van der Waals surface area contributed by atoms with E-state index in [1.165, 1.54) is 12.3 Å². The van der Waals surface area contributed by atoms with Gasteiger partial charge in [-0.05, 0) is 36.0 Å². The Morgan fingerprint density at radius 3 is 2.52 bits per heavy atom. The van der Waals surface area contributed by atoms with Crippen molar-refractivity contribution in [2.75, 3.05) is 6.61 Å². The van der Waals surface area contributed by atoms with Crippen LogP contribution in [0.4, 0.5) is 17.6 Å². The van der Waals surface area contributed by atoms with E-state index >= 15 is 0 Å². The number of ether oxygens (including phenoxy) is 1. The molecule has 0 radical (unpaired) electrons. The van der Waals surface area contributed by atoms with Crippen LogP contribution >= 0.6 is 11.6 Å². The van der Waals surface area contributed by atoms with Crippen LogP contribution in [0.3, 0.4) is 0 Å². The molecule has 0 aliphatic rings. The van der Waals surface area contributed by atoms with Crippen molar-refractivity contribution < 1.29 is 27.1 Å². The number of pyridine rings is 1. The summed E-state index contributed by atoms with van der Waals surface area (Å²) in [6, 6.07) is 8.71. The number of hydrogen-bond acceptors (Lipinski definition) is 2. The van der Waals surface area contributed by atoms with Gasteiger partial charge in [-0.3, -0.25) is 0 Å². The van der Waals surface area contributed by atoms with Gasteiger partial charge in [0.1, 0.15) is 5.69 Å². The van der Waals surface area contributed by atoms with Crippen molar-refractivity contribution in [3.05, 3.63) is 53.9 Å². The number of esters is 1. The molecule has 0 saturated carbocycles. The summed E-state index contributed by atoms with van der Waals surface area (Å²) in [5, 5.41) is -3.98. The van der Waals surface area contributed by atoms with Crippen LogP contribution in [-0.4, -0.2) is 22.4 Å². The van der Waals surface area contributed by atoms with Gasteiger partial charge in [-0.25, -0.2) is 4.79 Å². The van der Waals surface area contributed by atoms with Crippen LogP contribution in [0.5, 0.6) is 0 Å². The SMILES string of the molecule is CCOC(=O)c1cc(C(F)(F)C(F)(F)Cl)c2c3ccccc3ccn12. The fourth-order valence-electron chi connectivity index (χ4n) is 2.72. The summed E-state index contributed by atoms with van der Waals surface area (Å²) in [7, 11) is 0. The molecule has 0 aliphatic heterocycles. The summed E-state index contributed by atoms with van der Waals surface area (Å²) in [6.45, 7) is 1.56. The first-order valence-corrected chi connectivity index (χ1v) is 7.71. The second-order valence-corrected chi connectivity index (χ2v) is 5.83. The van der Waals surface area contributed by atoms with Crippen molar-refractivity contribution in [2.45, 2.75) is 18.2 Å². The third-order valence-corrected chi connectivity index (χ3v) is 4.07. The van der Waals surface area contributed by atoms with E-state index in [9.17, 15) is 22.4 Å². The van der Waals surface area contributed by atoms with E-state index in [4.69, 9.17) is 4.74 Å². The van der Waals surface area contributed by atoms with E-state index in [1.807, 2.05) is 0 Å². The van der Waals surface area contributed by atoms with Crippen molar-refractivity contribution in [2.24, 2.45) is 0 Å². The van der Waals surface area contributed by atoms with Crippen molar-refractivity contribution in [1.29, 1.82) is 0 Å². The van der Waals surface area contributed by atoms with Gasteiger partial charge in [0.05, 0.1) is 17.7 Å². The molecule has 132 valence electrons. The molecule has 8 heteroatoms. The molecular weight excluding hydrogens is 362 g/mol. The predicted octanol–water partition coefficient (Wildman–Crippen LogP) is 5.19. The Labute approximate surface area is 144 Å². The summed E-state index contributed by atoms with van der Waals surface area (Å²) in [6.07, 6.45) is 1.36. The van der Waals surface area contributed by atoms with Gasteiger partial charge < -0.3 is 9.14 Å². The lowest BCUT2D eigenvalue weighted by molar-refractivity contribution is -0.163. The zero-order valence-electron chi connectivity index (χ0n) is 12.9. The molecule has 0 aliphatic carbocycles. The first kappa shape index (κ1) is 17.5. The Bertz CT molecular complexity index is 962. The lowest BCUT2D eigenvalue weighted by Gasteiger charge is -2.21. The zero-order chi connectivity index (χ0) is 18.4. The maximum atomic E-state index is 14.3. The van der Waals surface area contributed by atoms with Crippen LogP contribution in [0.25, 0.3) is 16.3 Å². The minimum absolute atomic E-state index is 0.0110. The molecular formula is C17H12ClF4NO2. The molecule has 0 fully saturated rings. The third kappa shape index (κ3) is 2.72. The largest absolute Gasteiger partial charge is 0.461 e. The standard InChI is InChI=1S/C17H12ClF4NO2/c1-2-25-15(24)13-9-12(16(19,20)17(18,21)22)14-11-6-4-3-5-10(11)7-8-23(13)14/h3-9H,2H2,1H3. The molecule has 0 bridgehead atoms. The number of fused-ring (bicyclic) bond motifs is 3. The number of halogens is 5. The van der Waals surface area contributed by atoms with Crippen molar-refractivity contribution in [1.82, 2.24) is 4.40 Å². The Kier molecular flexibility index (Phi) is 4.15. The molecule has 3 nitrogen and oxygen atoms in total. The number of rotatable bonds is 4. The zero-order valence-corrected chi connectivity index (χ0v) is 13.7. The number of nitrogens with zero attached hydrogens (tertiary/aromatic N) is 1. The Hall–Kier alpha value is -2.28. The van der Waals surface area contributed by atoms with Gasteiger partial charge in [0, 0.05) is 11.6 Å². The fourth-order valence-corrected chi connectivity index (χ4v) is 2.82. The highest BCUT2D eigenvalue weighted by atomic mass is 35.5. The molecule has 25 heavy (non-hydrogen) atoms. The van der Waals surface area contributed by atoms with Crippen LogP contribution in [0.2, 0.25) is 0 Å². The molecule has 0 amide bonds. The third-order valence-electron chi connectivity index (χ3n) is 3.83. The van der Waals surface area contributed by atoms with Gasteiger partial charge in [-0.15, -0.1) is 0 Å². The highest BCUT2D eigenvalue weighted by molar-refractivity contribution is 6.22. The Balaban J connectivity index is 2.43. The van der Waals surface area contributed by atoms with E-state index in [1.54, 1.807) is 31.2 Å². The van der Waals surface area contributed by atoms with Crippen molar-refractivity contribution in [3.63, 3.8) is 0 Å². The average molecular weight is 374 g/mol. The van der Waals surface area contributed by atoms with Gasteiger partial charge in [0.2, 0.25) is 0 Å². The van der Waals surface area contributed by atoms with Crippen LogP contribution in [0, 0.1) is 0 Å². The molecule has 3 aromatic rings. The number of aromatic nitrogens is 1. The number of carbonyl (C=O) groups excluding carboxylic acids is 1. The van der Waals surface area contributed by atoms with Gasteiger partial charge >= 0.3 is 17.3 Å². The van der Waals surface area contributed by atoms with Crippen LogP contribution in [0.15, 0.2) is 42.6 Å². The molecule has 1 aromatic carbocycles. The fraction of sp³-hybridized carbons (Fsp3) is 0.235. The van der Waals surface area contributed by atoms with E-state index in [2.05, 4.69) is 11.6 Å². The van der Waals surface area contributed by atoms with Gasteiger partial charge in [0.15, 0.2) is 0 Å². The molecule has 0 atom stereocenters. The van der Waals surface area contributed by atoms with E-state index in [-0.39, 0.29) is 23.2 Å². The lowest BCUT2D eigenvalue weighted by atomic mass is 10.1.